The summed E-state index contributed by atoms with van der Waals surface area (Å²) in [6.07, 6.45) is -1.06. The van der Waals surface area contributed by atoms with Crippen molar-refractivity contribution in [1.82, 2.24) is 0 Å². The van der Waals surface area contributed by atoms with Crippen LogP contribution in [0.2, 0.25) is 0 Å². The van der Waals surface area contributed by atoms with Gasteiger partial charge < -0.3 is 14.7 Å². The number of nitrogens with two attached hydrogens (primary N) is 1. The number of rotatable bonds is 5. The molecule has 1 aliphatic rings. The average molecular weight is 410 g/mol. The van der Waals surface area contributed by atoms with Crippen molar-refractivity contribution in [2.24, 2.45) is 5.73 Å². The summed E-state index contributed by atoms with van der Waals surface area (Å²) >= 11 is 0. The summed E-state index contributed by atoms with van der Waals surface area (Å²) in [7, 11) is -5.44. The number of hydrogen-bond donors (Lipinski definition) is 1. The normalized spacial score (nSPS) is 20.0. The summed E-state index contributed by atoms with van der Waals surface area (Å²) in [6.45, 7) is 1.82. The van der Waals surface area contributed by atoms with Gasteiger partial charge in [0.25, 0.3) is 0 Å². The minimum atomic E-state index is -5.44. The Hall–Kier alpha value is -3.42. The molecule has 2 aromatic rings. The van der Waals surface area contributed by atoms with Crippen LogP contribution < -0.4 is 5.73 Å². The number of ketones is 1. The molecule has 2 aromatic carbocycles. The van der Waals surface area contributed by atoms with Gasteiger partial charge in [-0.1, -0.05) is 60.0 Å². The van der Waals surface area contributed by atoms with Gasteiger partial charge in [0.15, 0.2) is 6.10 Å². The van der Waals surface area contributed by atoms with Gasteiger partial charge >= 0.3 is 16.3 Å². The number of aryl methyl sites for hydroxylation is 1. The van der Waals surface area contributed by atoms with Gasteiger partial charge in [-0.3, -0.25) is 4.79 Å². The molecule has 0 fully saturated rings. The topological polar surface area (TPSA) is 130 Å². The predicted octanol–water partition coefficient (Wildman–Crippen LogP) is 1.73. The molecule has 1 aliphatic heterocycles. The molecule has 1 heterocycles. The van der Waals surface area contributed by atoms with Crippen molar-refractivity contribution in [3.63, 3.8) is 0 Å². The third-order valence-corrected chi connectivity index (χ3v) is 4.07. The molecular formula is C19H17NO7S. The van der Waals surface area contributed by atoms with Gasteiger partial charge in [-0.05, 0) is 12.5 Å². The van der Waals surface area contributed by atoms with E-state index in [1.54, 1.807) is 24.3 Å². The zero-order valence-corrected chi connectivity index (χ0v) is 15.0. The molecule has 0 bridgehead atoms. The molecule has 3 rings (SSSR count). The van der Waals surface area contributed by atoms with E-state index in [1.165, 1.54) is 0 Å². The maximum Gasteiger partial charge on any atom is 0.373 e. The highest BCUT2D eigenvalue weighted by Gasteiger charge is 2.39. The molecule has 28 heavy (non-hydrogen) atoms. The molecule has 0 amide bonds. The maximum atomic E-state index is 12.8. The molecule has 9 heteroatoms. The Labute approximate surface area is 171 Å². The molecule has 146 valence electrons. The minimum absolute atomic E-state index is 0.250. The fourth-order valence-corrected chi connectivity index (χ4v) is 2.85. The van der Waals surface area contributed by atoms with Crippen LogP contribution in [-0.4, -0.2) is 20.4 Å². The highest BCUT2D eigenvalue weighted by molar-refractivity contribution is 7.86. The number of Topliss-reactive ketones (excluding diaryl/α,β-unsaturated/α-hetero) is 1. The first-order valence-electron chi connectivity index (χ1n) is 10.9. The zero-order chi connectivity index (χ0) is 26.9. The van der Waals surface area contributed by atoms with E-state index in [2.05, 4.69) is 4.18 Å². The van der Waals surface area contributed by atoms with Gasteiger partial charge in [-0.2, -0.15) is 18.0 Å². The Morgan fingerprint density at radius 1 is 1.21 bits per heavy atom. The number of benzene rings is 2. The van der Waals surface area contributed by atoms with E-state index < -0.39 is 75.1 Å². The van der Waals surface area contributed by atoms with Crippen LogP contribution in [0.25, 0.3) is 0 Å². The number of hydrogen-bond acceptors (Lipinski definition) is 8. The summed E-state index contributed by atoms with van der Waals surface area (Å²) < 4.78 is 90.0. The summed E-state index contributed by atoms with van der Waals surface area (Å²) in [5.41, 5.74) is 2.07. The van der Waals surface area contributed by atoms with Gasteiger partial charge in [0.1, 0.15) is 5.70 Å². The second-order valence-electron chi connectivity index (χ2n) is 5.19. The lowest BCUT2D eigenvalue weighted by Crippen LogP contribution is -2.16. The van der Waals surface area contributed by atoms with Crippen LogP contribution in [0.3, 0.4) is 0 Å². The Bertz CT molecular complexity index is 1320. The van der Waals surface area contributed by atoms with E-state index in [-0.39, 0.29) is 6.15 Å². The monoisotopic (exact) mass is 410 g/mol. The summed E-state index contributed by atoms with van der Waals surface area (Å²) in [5.74, 6) is -2.64. The molecule has 1 unspecified atom stereocenters. The maximum absolute atomic E-state index is 12.8. The highest BCUT2D eigenvalue weighted by Crippen LogP contribution is 2.32. The molecule has 8 nitrogen and oxygen atoms in total. The molecule has 0 radical (unpaired) electrons. The van der Waals surface area contributed by atoms with E-state index in [0.29, 0.717) is 5.56 Å². The molecular weight excluding hydrogens is 386 g/mol. The van der Waals surface area contributed by atoms with Crippen molar-refractivity contribution in [1.29, 1.82) is 0 Å². The summed E-state index contributed by atoms with van der Waals surface area (Å²) in [5, 5.41) is 0. The first-order chi connectivity index (χ1) is 16.1. The molecule has 2 N–H and O–H groups in total. The Morgan fingerprint density at radius 3 is 2.36 bits per heavy atom. The first-order valence-corrected chi connectivity index (χ1v) is 8.81. The van der Waals surface area contributed by atoms with Crippen LogP contribution in [0.1, 0.15) is 32.4 Å². The molecule has 0 saturated heterocycles. The van der Waals surface area contributed by atoms with Crippen LogP contribution in [0, 0.1) is 6.92 Å². The lowest BCUT2D eigenvalue weighted by Gasteiger charge is -2.10. The fourth-order valence-electron chi connectivity index (χ4n) is 2.07. The predicted molar refractivity (Wildman–Crippen MR) is 96.4 cm³/mol. The molecule has 1 atom stereocenters. The van der Waals surface area contributed by atoms with Crippen LogP contribution in [0.4, 0.5) is 0 Å². The van der Waals surface area contributed by atoms with Crippen molar-refractivity contribution in [3.8, 4) is 0 Å². The van der Waals surface area contributed by atoms with E-state index in [9.17, 15) is 13.2 Å². The second-order valence-corrected chi connectivity index (χ2v) is 6.47. The molecule has 0 saturated carbocycles. The van der Waals surface area contributed by atoms with Crippen LogP contribution >= 0.6 is 0 Å². The standard InChI is InChI=1S/C18H17NO5S.CO2/c1-12-7-9-14(10-8-12)16-15(20)17(18(19)23-16)24-25(21,22)11-13-5-3-2-4-6-13;2-1-3/h2-10,16H,11,19H2,1H3;/i2D,3D,4D,5D,6D,11D2;. The van der Waals surface area contributed by atoms with Crippen molar-refractivity contribution in [2.45, 2.75) is 18.7 Å². The van der Waals surface area contributed by atoms with Crippen molar-refractivity contribution >= 4 is 22.1 Å². The number of carbonyl (C=O) groups excluding carboxylic acids is 3. The largest absolute Gasteiger partial charge is 0.460 e. The van der Waals surface area contributed by atoms with Crippen LogP contribution in [0.15, 0.2) is 66.1 Å². The lowest BCUT2D eigenvalue weighted by molar-refractivity contribution is -0.191. The zero-order valence-electron chi connectivity index (χ0n) is 21.2. The summed E-state index contributed by atoms with van der Waals surface area (Å²) in [4.78, 5) is 28.9. The van der Waals surface area contributed by atoms with Gasteiger partial charge in [-0.25, -0.2) is 0 Å². The number of ether oxygens (including phenoxy) is 1. The van der Waals surface area contributed by atoms with Crippen molar-refractivity contribution < 1.29 is 41.3 Å². The quantitative estimate of drug-likeness (QED) is 0.738. The van der Waals surface area contributed by atoms with Gasteiger partial charge in [0.05, 0.1) is 9.60 Å². The van der Waals surface area contributed by atoms with E-state index in [0.717, 1.165) is 5.56 Å². The third-order valence-electron chi connectivity index (χ3n) is 3.23. The van der Waals surface area contributed by atoms with E-state index >= 15 is 0 Å². The number of carbonyl (C=O) groups is 1. The van der Waals surface area contributed by atoms with Gasteiger partial charge in [0, 0.05) is 5.56 Å². The Morgan fingerprint density at radius 2 is 1.79 bits per heavy atom. The smallest absolute Gasteiger partial charge is 0.373 e. The van der Waals surface area contributed by atoms with Gasteiger partial charge in [-0.15, -0.1) is 0 Å². The lowest BCUT2D eigenvalue weighted by atomic mass is 10.0. The first kappa shape index (κ1) is 12.9. The van der Waals surface area contributed by atoms with Crippen LogP contribution in [0.5, 0.6) is 0 Å². The Balaban J connectivity index is 0.00000137. The average Bonchev–Trinajstić information content (AvgIpc) is 3.05. The van der Waals surface area contributed by atoms with Crippen LogP contribution in [-0.2, 0) is 39.1 Å². The fraction of sp³-hybridized carbons (Fsp3) is 0.158. The molecule has 0 aliphatic carbocycles. The minimum Gasteiger partial charge on any atom is -0.460 e. The van der Waals surface area contributed by atoms with E-state index in [4.69, 9.17) is 29.7 Å². The van der Waals surface area contributed by atoms with E-state index in [1.807, 2.05) is 6.92 Å². The SMILES string of the molecule is O=C=O.[2H]c1c([2H])c([2H])c(C([2H])([2H])S(=O)(=O)OC2=C(N)OC(c3ccc(C)cc3)C2=O)c([2H])c1[2H]. The van der Waals surface area contributed by atoms with Crippen molar-refractivity contribution in [2.75, 3.05) is 0 Å². The molecule has 0 aromatic heterocycles. The highest BCUT2D eigenvalue weighted by atomic mass is 32.2. The third kappa shape index (κ3) is 5.29. The molecule has 0 spiro atoms. The van der Waals surface area contributed by atoms with Crippen molar-refractivity contribution in [3.05, 3.63) is 82.8 Å². The summed E-state index contributed by atoms with van der Waals surface area (Å²) in [6, 6.07) is 1.68. The Kier molecular flexibility index (Phi) is 4.13. The van der Waals surface area contributed by atoms with Gasteiger partial charge in [0.2, 0.25) is 17.4 Å². The second kappa shape index (κ2) is 8.98.